The Labute approximate surface area is 232 Å². The summed E-state index contributed by atoms with van der Waals surface area (Å²) in [6.45, 7) is 3.98. The van der Waals surface area contributed by atoms with Crippen molar-refractivity contribution in [2.75, 3.05) is 19.7 Å². The predicted octanol–water partition coefficient (Wildman–Crippen LogP) is 5.31. The van der Waals surface area contributed by atoms with E-state index in [1.807, 2.05) is 12.1 Å². The smallest absolute Gasteiger partial charge is 0.328 e. The molecule has 3 aromatic rings. The molecule has 1 atom stereocenters. The monoisotopic (exact) mass is 554 g/mol. The molecule has 4 heterocycles. The van der Waals surface area contributed by atoms with Crippen LogP contribution >= 0.6 is 11.6 Å². The van der Waals surface area contributed by atoms with Crippen molar-refractivity contribution in [2.45, 2.75) is 57.4 Å². The lowest BCUT2D eigenvalue weighted by molar-refractivity contribution is -0.131. The standard InChI is InChI=1S/C29H32ClFN4O4/c30-22-7-6-21(25(31)15-22)19-39-28-5-1-4-26(33-28)20-10-12-34(13-11-20)18-27-32-16-23(8-9-29(36)37)35(27)17-24-3-2-14-38-24/h1,4-9,15-16,20,24H,2-3,10-14,17-19H2,(H,36,37)/b9-8+. The third kappa shape index (κ3) is 7.23. The molecule has 0 aliphatic carbocycles. The van der Waals surface area contributed by atoms with E-state index >= 15 is 0 Å². The Morgan fingerprint density at radius 2 is 2.08 bits per heavy atom. The molecule has 2 aromatic heterocycles. The van der Waals surface area contributed by atoms with Crippen LogP contribution in [0.3, 0.4) is 0 Å². The molecule has 206 valence electrons. The number of pyridine rings is 1. The second-order valence-electron chi connectivity index (χ2n) is 9.99. The van der Waals surface area contributed by atoms with E-state index in [1.54, 1.807) is 30.5 Å². The number of likely N-dealkylation sites (tertiary alicyclic amines) is 1. The fraction of sp³-hybridized carbons (Fsp3) is 0.414. The van der Waals surface area contributed by atoms with E-state index in [-0.39, 0.29) is 12.7 Å². The molecule has 1 aromatic carbocycles. The van der Waals surface area contributed by atoms with Crippen molar-refractivity contribution >= 4 is 23.6 Å². The average molecular weight is 555 g/mol. The summed E-state index contributed by atoms with van der Waals surface area (Å²) in [4.78, 5) is 22.8. The zero-order chi connectivity index (χ0) is 27.2. The Balaban J connectivity index is 1.19. The maximum atomic E-state index is 14.1. The number of hydrogen-bond donors (Lipinski definition) is 1. The van der Waals surface area contributed by atoms with Gasteiger partial charge in [-0.2, -0.15) is 0 Å². The number of ether oxygens (including phenoxy) is 2. The Morgan fingerprint density at radius 3 is 2.82 bits per heavy atom. The highest BCUT2D eigenvalue weighted by molar-refractivity contribution is 6.30. The van der Waals surface area contributed by atoms with E-state index in [0.29, 0.717) is 35.5 Å². The number of hydrogen-bond acceptors (Lipinski definition) is 6. The number of aliphatic carboxylic acids is 1. The molecule has 2 aliphatic rings. The van der Waals surface area contributed by atoms with Gasteiger partial charge in [0.25, 0.3) is 0 Å². The van der Waals surface area contributed by atoms with Crippen molar-refractivity contribution in [2.24, 2.45) is 0 Å². The Kier molecular flexibility index (Phi) is 8.91. The number of halogens is 2. The highest BCUT2D eigenvalue weighted by Crippen LogP contribution is 2.29. The highest BCUT2D eigenvalue weighted by Gasteiger charge is 2.25. The molecule has 8 nitrogen and oxygen atoms in total. The van der Waals surface area contributed by atoms with Crippen LogP contribution in [0.2, 0.25) is 5.02 Å². The minimum absolute atomic E-state index is 0.0834. The first-order chi connectivity index (χ1) is 18.9. The third-order valence-corrected chi connectivity index (χ3v) is 7.52. The van der Waals surface area contributed by atoms with Gasteiger partial charge in [0.1, 0.15) is 18.2 Å². The zero-order valence-electron chi connectivity index (χ0n) is 21.6. The quantitative estimate of drug-likeness (QED) is 0.340. The van der Waals surface area contributed by atoms with Crippen molar-refractivity contribution in [3.63, 3.8) is 0 Å². The maximum absolute atomic E-state index is 14.1. The number of rotatable bonds is 10. The molecule has 2 saturated heterocycles. The summed E-state index contributed by atoms with van der Waals surface area (Å²) in [5.41, 5.74) is 2.18. The van der Waals surface area contributed by atoms with Gasteiger partial charge in [-0.15, -0.1) is 0 Å². The van der Waals surface area contributed by atoms with E-state index in [0.717, 1.165) is 68.7 Å². The molecule has 0 amide bonds. The Morgan fingerprint density at radius 1 is 1.23 bits per heavy atom. The Hall–Kier alpha value is -3.27. The number of nitrogens with zero attached hydrogens (tertiary/aromatic N) is 4. The van der Waals surface area contributed by atoms with Crippen LogP contribution in [0.1, 0.15) is 54.4 Å². The normalized spacial score (nSPS) is 18.7. The van der Waals surface area contributed by atoms with Crippen molar-refractivity contribution in [1.29, 1.82) is 0 Å². The van der Waals surface area contributed by atoms with E-state index in [2.05, 4.69) is 14.5 Å². The van der Waals surface area contributed by atoms with E-state index in [4.69, 9.17) is 31.2 Å². The zero-order valence-corrected chi connectivity index (χ0v) is 22.4. The lowest BCUT2D eigenvalue weighted by Crippen LogP contribution is -2.34. The van der Waals surface area contributed by atoms with Gasteiger partial charge in [0.2, 0.25) is 5.88 Å². The molecule has 0 radical (unpaired) electrons. The summed E-state index contributed by atoms with van der Waals surface area (Å²) < 4.78 is 27.8. The average Bonchev–Trinajstić information content (AvgIpc) is 3.58. The van der Waals surface area contributed by atoms with Gasteiger partial charge in [0.05, 0.1) is 31.1 Å². The van der Waals surface area contributed by atoms with Gasteiger partial charge in [-0.25, -0.2) is 19.2 Å². The summed E-state index contributed by atoms with van der Waals surface area (Å²) >= 11 is 5.83. The number of aromatic nitrogens is 3. The molecule has 39 heavy (non-hydrogen) atoms. The van der Waals surface area contributed by atoms with Gasteiger partial charge >= 0.3 is 5.97 Å². The lowest BCUT2D eigenvalue weighted by Gasteiger charge is -2.31. The molecule has 1 N–H and O–H groups in total. The van der Waals surface area contributed by atoms with Crippen molar-refractivity contribution in [1.82, 2.24) is 19.4 Å². The first-order valence-corrected chi connectivity index (χ1v) is 13.7. The van der Waals surface area contributed by atoms with E-state index < -0.39 is 11.8 Å². The molecule has 2 fully saturated rings. The summed E-state index contributed by atoms with van der Waals surface area (Å²) in [6, 6.07) is 10.3. The highest BCUT2D eigenvalue weighted by atomic mass is 35.5. The van der Waals surface area contributed by atoms with Crippen LogP contribution in [0, 0.1) is 5.82 Å². The predicted molar refractivity (Wildman–Crippen MR) is 145 cm³/mol. The Bertz CT molecular complexity index is 1320. The van der Waals surface area contributed by atoms with Crippen LogP contribution < -0.4 is 4.74 Å². The second-order valence-corrected chi connectivity index (χ2v) is 10.4. The molecular weight excluding hydrogens is 523 g/mol. The number of piperidine rings is 1. The largest absolute Gasteiger partial charge is 0.478 e. The van der Waals surface area contributed by atoms with Crippen LogP contribution in [0.4, 0.5) is 4.39 Å². The van der Waals surface area contributed by atoms with Gasteiger partial charge in [-0.3, -0.25) is 4.90 Å². The third-order valence-electron chi connectivity index (χ3n) is 7.28. The first kappa shape index (κ1) is 27.3. The number of carboxylic acids is 1. The molecular formula is C29H32ClFN4O4. The van der Waals surface area contributed by atoms with Gasteiger partial charge < -0.3 is 19.1 Å². The first-order valence-electron chi connectivity index (χ1n) is 13.3. The lowest BCUT2D eigenvalue weighted by atomic mass is 9.93. The maximum Gasteiger partial charge on any atom is 0.328 e. The summed E-state index contributed by atoms with van der Waals surface area (Å²) in [7, 11) is 0. The molecule has 0 spiro atoms. The molecule has 10 heteroatoms. The van der Waals surface area contributed by atoms with Crippen LogP contribution in [-0.2, 0) is 29.2 Å². The molecule has 0 bridgehead atoms. The van der Waals surface area contributed by atoms with Gasteiger partial charge in [-0.05, 0) is 63.0 Å². The summed E-state index contributed by atoms with van der Waals surface area (Å²) in [5.74, 6) is 0.313. The number of imidazole rings is 1. The number of carbonyl (C=O) groups is 1. The molecule has 1 unspecified atom stereocenters. The minimum atomic E-state index is -0.983. The van der Waals surface area contributed by atoms with Crippen molar-refractivity contribution < 1.29 is 23.8 Å². The minimum Gasteiger partial charge on any atom is -0.478 e. The fourth-order valence-corrected chi connectivity index (χ4v) is 5.32. The van der Waals surface area contributed by atoms with Gasteiger partial charge in [0.15, 0.2) is 0 Å². The van der Waals surface area contributed by atoms with E-state index in [9.17, 15) is 9.18 Å². The summed E-state index contributed by atoms with van der Waals surface area (Å²) in [5, 5.41) is 9.43. The van der Waals surface area contributed by atoms with Crippen LogP contribution in [-0.4, -0.2) is 56.3 Å². The van der Waals surface area contributed by atoms with Crippen LogP contribution in [0.15, 0.2) is 48.7 Å². The fourth-order valence-electron chi connectivity index (χ4n) is 5.16. The molecule has 0 saturated carbocycles. The summed E-state index contributed by atoms with van der Waals surface area (Å²) in [6.07, 6.45) is 8.54. The second kappa shape index (κ2) is 12.7. The van der Waals surface area contributed by atoms with Gasteiger partial charge in [-0.1, -0.05) is 23.7 Å². The van der Waals surface area contributed by atoms with Crippen molar-refractivity contribution in [3.8, 4) is 5.88 Å². The van der Waals surface area contributed by atoms with Crippen molar-refractivity contribution in [3.05, 3.63) is 82.3 Å². The van der Waals surface area contributed by atoms with Crippen LogP contribution in [0.5, 0.6) is 5.88 Å². The molecule has 2 aliphatic heterocycles. The molecule has 5 rings (SSSR count). The topological polar surface area (TPSA) is 89.7 Å². The number of benzene rings is 1. The number of carboxylic acid groups (broad SMARTS) is 1. The SMILES string of the molecule is O=C(O)/C=C/c1cnc(CN2CCC(c3cccc(OCc4ccc(Cl)cc4F)n3)CC2)n1CC1CCCO1. The van der Waals surface area contributed by atoms with Crippen LogP contribution in [0.25, 0.3) is 6.08 Å². The van der Waals surface area contributed by atoms with Gasteiger partial charge in [0, 0.05) is 40.9 Å². The van der Waals surface area contributed by atoms with E-state index in [1.165, 1.54) is 6.07 Å².